The largest absolute Gasteiger partial charge is 0.336 e. The number of rotatable bonds is 2. The van der Waals surface area contributed by atoms with Gasteiger partial charge in [-0.3, -0.25) is 0 Å². The Morgan fingerprint density at radius 3 is 1.50 bits per heavy atom. The zero-order valence-corrected chi connectivity index (χ0v) is 8.07. The number of aromatic nitrogens is 3. The van der Waals surface area contributed by atoms with E-state index < -0.39 is 0 Å². The van der Waals surface area contributed by atoms with Crippen molar-refractivity contribution in [3.05, 3.63) is 11.6 Å². The van der Waals surface area contributed by atoms with Crippen LogP contribution in [0.15, 0.2) is 0 Å². The Kier molecular flexibility index (Phi) is 2.35. The summed E-state index contributed by atoms with van der Waals surface area (Å²) in [6.45, 7) is 8.21. The average Bonchev–Trinajstić information content (AvgIpc) is 2.30. The van der Waals surface area contributed by atoms with E-state index >= 15 is 0 Å². The second-order valence-corrected chi connectivity index (χ2v) is 3.60. The normalized spacial score (nSPS) is 11.5. The number of hydrogen-bond donors (Lipinski definition) is 1. The van der Waals surface area contributed by atoms with Crippen LogP contribution >= 0.6 is 0 Å². The molecule has 0 aliphatic heterocycles. The van der Waals surface area contributed by atoms with E-state index in [0.717, 1.165) is 11.6 Å². The van der Waals surface area contributed by atoms with E-state index in [1.807, 2.05) is 0 Å². The van der Waals surface area contributed by atoms with Crippen molar-refractivity contribution in [3.8, 4) is 0 Å². The molecule has 1 aromatic rings. The molecule has 0 unspecified atom stereocenters. The average molecular weight is 168 g/mol. The number of hydrogen-bond acceptors (Lipinski definition) is 3. The maximum atomic E-state index is 5.80. The first-order valence-electron chi connectivity index (χ1n) is 4.24. The van der Waals surface area contributed by atoms with Crippen molar-refractivity contribution in [1.82, 2.24) is 14.9 Å². The molecule has 0 aliphatic rings. The molecule has 0 spiro atoms. The molecule has 0 fully saturated rings. The fraction of sp³-hybridized carbons (Fsp3) is 0.750. The van der Waals surface area contributed by atoms with E-state index in [4.69, 9.17) is 5.84 Å². The molecule has 0 atom stereocenters. The Hall–Kier alpha value is -1.06. The van der Waals surface area contributed by atoms with Gasteiger partial charge < -0.3 is 5.84 Å². The molecule has 0 radical (unpaired) electrons. The smallest absolute Gasteiger partial charge is 0.154 e. The van der Waals surface area contributed by atoms with Crippen molar-refractivity contribution in [3.63, 3.8) is 0 Å². The summed E-state index contributed by atoms with van der Waals surface area (Å²) in [5.41, 5.74) is 0. The van der Waals surface area contributed by atoms with Crippen molar-refractivity contribution in [2.45, 2.75) is 39.5 Å². The lowest BCUT2D eigenvalue weighted by atomic mass is 10.2. The van der Waals surface area contributed by atoms with Crippen LogP contribution < -0.4 is 5.84 Å². The van der Waals surface area contributed by atoms with E-state index in [0.29, 0.717) is 11.8 Å². The highest BCUT2D eigenvalue weighted by molar-refractivity contribution is 5.02. The summed E-state index contributed by atoms with van der Waals surface area (Å²) in [4.78, 5) is 0. The SMILES string of the molecule is CC(C)c1nnc(C(C)C)n1N. The highest BCUT2D eigenvalue weighted by Crippen LogP contribution is 2.15. The van der Waals surface area contributed by atoms with Gasteiger partial charge in [-0.1, -0.05) is 27.7 Å². The second kappa shape index (κ2) is 3.13. The van der Waals surface area contributed by atoms with E-state index in [1.165, 1.54) is 0 Å². The van der Waals surface area contributed by atoms with Crippen LogP contribution in [0, 0.1) is 0 Å². The summed E-state index contributed by atoms with van der Waals surface area (Å²) in [5, 5.41) is 8.05. The van der Waals surface area contributed by atoms with Crippen molar-refractivity contribution >= 4 is 0 Å². The predicted octanol–water partition coefficient (Wildman–Crippen LogP) is 1.24. The Morgan fingerprint density at radius 2 is 1.33 bits per heavy atom. The van der Waals surface area contributed by atoms with Gasteiger partial charge in [0.15, 0.2) is 11.6 Å². The first kappa shape index (κ1) is 9.03. The summed E-state index contributed by atoms with van der Waals surface area (Å²) in [6.07, 6.45) is 0. The first-order chi connectivity index (χ1) is 5.54. The first-order valence-corrected chi connectivity index (χ1v) is 4.24. The third-order valence-corrected chi connectivity index (χ3v) is 1.78. The molecule has 0 saturated carbocycles. The third kappa shape index (κ3) is 1.42. The minimum absolute atomic E-state index is 0.329. The molecule has 0 amide bonds. The maximum absolute atomic E-state index is 5.80. The molecule has 1 heterocycles. The van der Waals surface area contributed by atoms with Crippen molar-refractivity contribution in [2.75, 3.05) is 5.84 Å². The van der Waals surface area contributed by atoms with Crippen LogP contribution in [-0.4, -0.2) is 14.9 Å². The molecule has 0 bridgehead atoms. The summed E-state index contributed by atoms with van der Waals surface area (Å²) < 4.78 is 1.59. The monoisotopic (exact) mass is 168 g/mol. The zero-order chi connectivity index (χ0) is 9.30. The standard InChI is InChI=1S/C8H16N4/c1-5(2)7-10-11-8(6(3)4)12(7)9/h5-6H,9H2,1-4H3. The number of nitrogen functional groups attached to an aromatic ring is 1. The van der Waals surface area contributed by atoms with E-state index in [-0.39, 0.29) is 0 Å². The van der Waals surface area contributed by atoms with Crippen molar-refractivity contribution in [1.29, 1.82) is 0 Å². The van der Waals surface area contributed by atoms with Crippen LogP contribution in [0.25, 0.3) is 0 Å². The van der Waals surface area contributed by atoms with Crippen LogP contribution in [0.1, 0.15) is 51.2 Å². The van der Waals surface area contributed by atoms with Gasteiger partial charge in [0.2, 0.25) is 0 Å². The summed E-state index contributed by atoms with van der Waals surface area (Å²) >= 11 is 0. The van der Waals surface area contributed by atoms with Gasteiger partial charge in [0, 0.05) is 11.8 Å². The molecule has 1 rings (SSSR count). The fourth-order valence-corrected chi connectivity index (χ4v) is 1.10. The predicted molar refractivity (Wildman–Crippen MR) is 48.4 cm³/mol. The van der Waals surface area contributed by atoms with E-state index in [9.17, 15) is 0 Å². The molecule has 4 nitrogen and oxygen atoms in total. The van der Waals surface area contributed by atoms with Crippen LogP contribution in [0.4, 0.5) is 0 Å². The third-order valence-electron chi connectivity index (χ3n) is 1.78. The Morgan fingerprint density at radius 1 is 1.00 bits per heavy atom. The summed E-state index contributed by atoms with van der Waals surface area (Å²) in [6, 6.07) is 0. The van der Waals surface area contributed by atoms with Crippen molar-refractivity contribution in [2.24, 2.45) is 0 Å². The highest BCUT2D eigenvalue weighted by Gasteiger charge is 2.14. The molecular weight excluding hydrogens is 152 g/mol. The molecular formula is C8H16N4. The summed E-state index contributed by atoms with van der Waals surface area (Å²) in [7, 11) is 0. The summed E-state index contributed by atoms with van der Waals surface area (Å²) in [5.74, 6) is 8.15. The molecule has 4 heteroatoms. The molecule has 1 aromatic heterocycles. The van der Waals surface area contributed by atoms with Gasteiger partial charge >= 0.3 is 0 Å². The highest BCUT2D eigenvalue weighted by atomic mass is 15.4. The molecule has 68 valence electrons. The second-order valence-electron chi connectivity index (χ2n) is 3.60. The number of nitrogens with zero attached hydrogens (tertiary/aromatic N) is 3. The van der Waals surface area contributed by atoms with Crippen LogP contribution in [0.3, 0.4) is 0 Å². The lowest BCUT2D eigenvalue weighted by Crippen LogP contribution is -2.17. The quantitative estimate of drug-likeness (QED) is 0.676. The molecule has 0 saturated heterocycles. The van der Waals surface area contributed by atoms with Gasteiger partial charge in [-0.15, -0.1) is 10.2 Å². The van der Waals surface area contributed by atoms with Gasteiger partial charge in [0.25, 0.3) is 0 Å². The van der Waals surface area contributed by atoms with E-state index in [2.05, 4.69) is 37.9 Å². The molecule has 2 N–H and O–H groups in total. The van der Waals surface area contributed by atoms with Gasteiger partial charge in [0.05, 0.1) is 0 Å². The topological polar surface area (TPSA) is 56.7 Å². The minimum Gasteiger partial charge on any atom is -0.336 e. The van der Waals surface area contributed by atoms with Crippen LogP contribution in [-0.2, 0) is 0 Å². The Bertz CT molecular complexity index is 237. The fourth-order valence-electron chi connectivity index (χ4n) is 1.10. The molecule has 0 aliphatic carbocycles. The number of nitrogens with two attached hydrogens (primary N) is 1. The van der Waals surface area contributed by atoms with Crippen LogP contribution in [0.2, 0.25) is 0 Å². The van der Waals surface area contributed by atoms with E-state index in [1.54, 1.807) is 4.68 Å². The van der Waals surface area contributed by atoms with Crippen molar-refractivity contribution < 1.29 is 0 Å². The lowest BCUT2D eigenvalue weighted by Gasteiger charge is -2.07. The van der Waals surface area contributed by atoms with Gasteiger partial charge in [0.1, 0.15) is 0 Å². The van der Waals surface area contributed by atoms with Gasteiger partial charge in [-0.05, 0) is 0 Å². The zero-order valence-electron chi connectivity index (χ0n) is 8.07. The van der Waals surface area contributed by atoms with Gasteiger partial charge in [-0.25, -0.2) is 4.68 Å². The Balaban J connectivity index is 3.04. The molecule has 0 aromatic carbocycles. The Labute approximate surface area is 72.8 Å². The lowest BCUT2D eigenvalue weighted by molar-refractivity contribution is 0.689. The maximum Gasteiger partial charge on any atom is 0.154 e. The molecule has 12 heavy (non-hydrogen) atoms. The van der Waals surface area contributed by atoms with Crippen LogP contribution in [0.5, 0.6) is 0 Å². The minimum atomic E-state index is 0.329. The van der Waals surface area contributed by atoms with Gasteiger partial charge in [-0.2, -0.15) is 0 Å².